The quantitative estimate of drug-likeness (QED) is 0.237. The van der Waals surface area contributed by atoms with Crippen LogP contribution in [0.5, 0.6) is 0 Å². The van der Waals surface area contributed by atoms with E-state index in [1.807, 2.05) is 0 Å². The Morgan fingerprint density at radius 2 is 1.43 bits per heavy atom. The summed E-state index contributed by atoms with van der Waals surface area (Å²) >= 11 is 0. The number of hydrogen-bond acceptors (Lipinski definition) is 7. The molecular formula is C19H30BN3O7. The smallest absolute Gasteiger partial charge is 0.303 e. The third-order valence-electron chi connectivity index (χ3n) is 4.40. The van der Waals surface area contributed by atoms with Crippen molar-refractivity contribution in [1.82, 2.24) is 16.0 Å². The van der Waals surface area contributed by atoms with Gasteiger partial charge in [0.1, 0.15) is 17.6 Å². The lowest BCUT2D eigenvalue weighted by Crippen LogP contribution is -2.54. The topological polar surface area (TPSA) is 159 Å². The van der Waals surface area contributed by atoms with Gasteiger partial charge in [-0.05, 0) is 46.5 Å². The van der Waals surface area contributed by atoms with E-state index < -0.39 is 55.0 Å². The molecule has 0 aromatic rings. The maximum atomic E-state index is 12.7. The average Bonchev–Trinajstić information content (AvgIpc) is 2.73. The van der Waals surface area contributed by atoms with Crippen molar-refractivity contribution < 1.29 is 35.2 Å². The molecule has 3 atom stereocenters. The van der Waals surface area contributed by atoms with E-state index in [1.54, 1.807) is 0 Å². The molecule has 0 rings (SSSR count). The highest BCUT2D eigenvalue weighted by molar-refractivity contribution is 6.20. The van der Waals surface area contributed by atoms with Crippen LogP contribution < -0.4 is 16.0 Å². The van der Waals surface area contributed by atoms with E-state index in [0.717, 1.165) is 0 Å². The molecule has 30 heavy (non-hydrogen) atoms. The van der Waals surface area contributed by atoms with E-state index in [-0.39, 0.29) is 50.0 Å². The van der Waals surface area contributed by atoms with Crippen LogP contribution >= 0.6 is 0 Å². The summed E-state index contributed by atoms with van der Waals surface area (Å²) in [5.74, 6) is -3.58. The summed E-state index contributed by atoms with van der Waals surface area (Å²) in [6.45, 7) is 0.837. The molecule has 0 saturated heterocycles. The fourth-order valence-electron chi connectivity index (χ4n) is 2.58. The van der Waals surface area contributed by atoms with Gasteiger partial charge in [-0.2, -0.15) is 0 Å². The maximum absolute atomic E-state index is 12.7. The van der Waals surface area contributed by atoms with Crippen LogP contribution in [0.3, 0.4) is 0 Å². The Morgan fingerprint density at radius 1 is 0.900 bits per heavy atom. The number of amides is 2. The molecule has 0 bridgehead atoms. The Balaban J connectivity index is 5.23. The fraction of sp³-hybridized carbons (Fsp3) is 0.684. The van der Waals surface area contributed by atoms with Crippen molar-refractivity contribution in [2.45, 2.75) is 76.8 Å². The van der Waals surface area contributed by atoms with Gasteiger partial charge >= 0.3 is 5.97 Å². The minimum Gasteiger partial charge on any atom is -0.481 e. The van der Waals surface area contributed by atoms with Crippen LogP contribution in [0.25, 0.3) is 0 Å². The maximum Gasteiger partial charge on any atom is 0.303 e. The lowest BCUT2D eigenvalue weighted by atomic mass is 9.95. The number of Topliss-reactive ketones (excluding diaryl/α,β-unsaturated/α-hetero) is 3. The van der Waals surface area contributed by atoms with Crippen molar-refractivity contribution in [3.05, 3.63) is 0 Å². The van der Waals surface area contributed by atoms with Gasteiger partial charge in [0.25, 0.3) is 0 Å². The number of rotatable bonds is 16. The Labute approximate surface area is 178 Å². The molecule has 0 aliphatic heterocycles. The van der Waals surface area contributed by atoms with Crippen LogP contribution in [0, 0.1) is 0 Å². The minimum absolute atomic E-state index is 0.00397. The summed E-state index contributed by atoms with van der Waals surface area (Å²) in [7, 11) is 6.73. The number of nitrogens with one attached hydrogen (secondary N) is 3. The Bertz CT molecular complexity index is 675. The number of aliphatic carboxylic acids is 1. The second-order valence-electron chi connectivity index (χ2n) is 6.87. The molecule has 0 spiro atoms. The van der Waals surface area contributed by atoms with Crippen LogP contribution in [0.2, 0.25) is 6.32 Å². The zero-order chi connectivity index (χ0) is 24.0. The largest absolute Gasteiger partial charge is 0.481 e. The Hall–Kier alpha value is -2.56. The second-order valence-corrected chi connectivity index (χ2v) is 6.87. The number of carboxylic acid groups (broad SMARTS) is 1. The van der Waals surface area contributed by atoms with E-state index in [9.17, 15) is 28.8 Å². The first-order valence-electron chi connectivity index (χ1n) is 10.3. The van der Waals surface area contributed by atoms with E-state index in [2.05, 4.69) is 16.0 Å². The van der Waals surface area contributed by atoms with Crippen molar-refractivity contribution in [3.8, 4) is 0 Å². The van der Waals surface area contributed by atoms with Gasteiger partial charge in [0, 0.05) is 20.6 Å². The lowest BCUT2D eigenvalue weighted by molar-refractivity contribution is -0.138. The summed E-state index contributed by atoms with van der Waals surface area (Å²) < 4.78 is 7.02. The van der Waals surface area contributed by atoms with Crippen LogP contribution in [0.15, 0.2) is 0 Å². The van der Waals surface area contributed by atoms with Gasteiger partial charge in [0.05, 0.1) is 19.9 Å². The van der Waals surface area contributed by atoms with Gasteiger partial charge in [-0.1, -0.05) is 0 Å². The lowest BCUT2D eigenvalue weighted by Gasteiger charge is -2.24. The van der Waals surface area contributed by atoms with Crippen molar-refractivity contribution in [2.24, 2.45) is 0 Å². The summed E-state index contributed by atoms with van der Waals surface area (Å²) in [6.07, 6.45) is -0.702. The highest BCUT2D eigenvalue weighted by atomic mass is 16.4. The number of carbonyl (C=O) groups excluding carboxylic acids is 5. The van der Waals surface area contributed by atoms with Crippen LogP contribution in [0.1, 0.15) is 53.7 Å². The highest BCUT2D eigenvalue weighted by Crippen LogP contribution is 2.06. The van der Waals surface area contributed by atoms with Crippen LogP contribution in [0.4, 0.5) is 0 Å². The first-order chi connectivity index (χ1) is 14.5. The third-order valence-corrected chi connectivity index (χ3v) is 4.40. The Kier molecular flexibility index (Phi) is 12.3. The molecular weight excluding hydrogens is 393 g/mol. The molecule has 4 N–H and O–H groups in total. The zero-order valence-corrected chi connectivity index (χ0v) is 17.4. The van der Waals surface area contributed by atoms with Crippen molar-refractivity contribution in [1.29, 1.82) is 0 Å². The molecule has 0 aromatic heterocycles. The molecule has 0 saturated carbocycles. The number of carbonyl (C=O) groups is 6. The van der Waals surface area contributed by atoms with Crippen LogP contribution in [-0.4, -0.2) is 73.3 Å². The molecule has 11 heteroatoms. The first kappa shape index (κ1) is 25.5. The number of carboxylic acids is 1. The molecule has 0 aliphatic carbocycles. The molecule has 0 heterocycles. The number of ketones is 3. The molecule has 0 aliphatic rings. The van der Waals surface area contributed by atoms with Crippen molar-refractivity contribution in [2.75, 3.05) is 7.05 Å². The van der Waals surface area contributed by atoms with Gasteiger partial charge in [0.2, 0.25) is 11.8 Å². The van der Waals surface area contributed by atoms with Gasteiger partial charge in [-0.25, -0.2) is 0 Å². The summed E-state index contributed by atoms with van der Waals surface area (Å²) in [5.41, 5.74) is 0. The normalized spacial score (nSPS) is 14.0. The second kappa shape index (κ2) is 14.4. The van der Waals surface area contributed by atoms with E-state index in [4.69, 9.17) is 14.3 Å². The third kappa shape index (κ3) is 11.4. The molecule has 0 aromatic carbocycles. The first-order valence-corrected chi connectivity index (χ1v) is 9.58. The van der Waals surface area contributed by atoms with Gasteiger partial charge < -0.3 is 30.6 Å². The van der Waals surface area contributed by atoms with Crippen molar-refractivity contribution >= 4 is 43.0 Å². The van der Waals surface area contributed by atoms with Gasteiger partial charge in [0.15, 0.2) is 5.78 Å². The molecule has 10 nitrogen and oxygen atoms in total. The molecule has 3 unspecified atom stereocenters. The van der Waals surface area contributed by atoms with Crippen molar-refractivity contribution in [3.63, 3.8) is 0 Å². The Morgan fingerprint density at radius 3 is 1.93 bits per heavy atom. The highest BCUT2D eigenvalue weighted by Gasteiger charge is 2.28. The fourth-order valence-corrected chi connectivity index (χ4v) is 2.58. The summed E-state index contributed by atoms with van der Waals surface area (Å²) in [5, 5.41) is 16.5. The average molecular weight is 424 g/mol. The van der Waals surface area contributed by atoms with Gasteiger partial charge in [-0.3, -0.25) is 19.2 Å². The molecule has 0 fully saturated rings. The zero-order valence-electron chi connectivity index (χ0n) is 18.4. The predicted octanol–water partition coefficient (Wildman–Crippen LogP) is -0.697. The summed E-state index contributed by atoms with van der Waals surface area (Å²) in [6, 6.07) is -3.05. The predicted molar refractivity (Wildman–Crippen MR) is 109 cm³/mol. The molecule has 166 valence electrons. The minimum atomic E-state index is -1.24. The number of hydrogen-bond donors (Lipinski definition) is 4. The standard InChI is InChI=1S/C19H30BN3O7/c1-11(24)4-6-15(21-3)18(29)23-16(8-9-17(27)28)19(30)22-14(12(2)25)7-5-13(26)10-20/h14-16,21H,4-10H2,1-3H3,(H,22,30)(H,23,29)(H,27,28)/i1D. The van der Waals surface area contributed by atoms with E-state index >= 15 is 0 Å². The SMILES string of the molecule is [2H]CC(=O)CCC(NC)C(=O)NC(CCC(=O)O)C(=O)NC(CCC(=O)C[B])C(C)=O. The molecule has 2 radical (unpaired) electrons. The number of likely N-dealkylation sites (N-methyl/N-ethyl adjacent to an activating group) is 1. The van der Waals surface area contributed by atoms with Gasteiger partial charge in [-0.15, -0.1) is 0 Å². The van der Waals surface area contributed by atoms with Crippen LogP contribution in [-0.2, 0) is 28.8 Å². The molecule has 2 amide bonds. The van der Waals surface area contributed by atoms with E-state index in [0.29, 0.717) is 0 Å². The van der Waals surface area contributed by atoms with E-state index in [1.165, 1.54) is 14.0 Å². The summed E-state index contributed by atoms with van der Waals surface area (Å²) in [4.78, 5) is 70.7. The monoisotopic (exact) mass is 424 g/mol.